The van der Waals surface area contributed by atoms with Gasteiger partial charge < -0.3 is 24.6 Å². The first-order chi connectivity index (χ1) is 17.1. The summed E-state index contributed by atoms with van der Waals surface area (Å²) in [5.41, 5.74) is 3.89. The molecule has 0 spiro atoms. The minimum Gasteiger partial charge on any atom is -0.497 e. The van der Waals surface area contributed by atoms with Gasteiger partial charge in [0, 0.05) is 32.7 Å². The maximum atomic E-state index is 12.9. The Morgan fingerprint density at radius 2 is 1.86 bits per heavy atom. The molecule has 0 aromatic heterocycles. The SMILES string of the molecule is COc1ccc2c(c1)C(N1CCCN(C(=O)NCc3ccccc3)CC1)=Nc1ccc(C)cc1O2. The number of hydrogen-bond acceptors (Lipinski definition) is 5. The molecule has 180 valence electrons. The molecule has 5 rings (SSSR count). The lowest BCUT2D eigenvalue weighted by atomic mass is 10.1. The highest BCUT2D eigenvalue weighted by molar-refractivity contribution is 6.04. The number of urea groups is 1. The number of aliphatic imine (C=N–C) groups is 1. The molecule has 1 saturated heterocycles. The summed E-state index contributed by atoms with van der Waals surface area (Å²) < 4.78 is 11.8. The number of methoxy groups -OCH3 is 1. The summed E-state index contributed by atoms with van der Waals surface area (Å²) in [6.45, 7) is 5.34. The van der Waals surface area contributed by atoms with Gasteiger partial charge in [-0.2, -0.15) is 0 Å². The Morgan fingerprint density at radius 1 is 1.00 bits per heavy atom. The molecule has 7 nitrogen and oxygen atoms in total. The first-order valence-electron chi connectivity index (χ1n) is 12.0. The van der Waals surface area contributed by atoms with E-state index in [1.54, 1.807) is 7.11 Å². The number of carbonyl (C=O) groups excluding carboxylic acids is 1. The quantitative estimate of drug-likeness (QED) is 0.578. The summed E-state index contributed by atoms with van der Waals surface area (Å²) in [7, 11) is 1.66. The zero-order valence-electron chi connectivity index (χ0n) is 20.2. The molecule has 3 aromatic carbocycles. The van der Waals surface area contributed by atoms with Gasteiger partial charge in [0.05, 0.1) is 12.7 Å². The van der Waals surface area contributed by atoms with Crippen molar-refractivity contribution >= 4 is 17.6 Å². The monoisotopic (exact) mass is 470 g/mol. The van der Waals surface area contributed by atoms with E-state index in [-0.39, 0.29) is 6.03 Å². The Hall–Kier alpha value is -4.00. The number of fused-ring (bicyclic) bond motifs is 2. The van der Waals surface area contributed by atoms with E-state index in [0.717, 1.165) is 58.4 Å². The summed E-state index contributed by atoms with van der Waals surface area (Å²) in [6, 6.07) is 21.8. The summed E-state index contributed by atoms with van der Waals surface area (Å²) in [5.74, 6) is 3.07. The maximum absolute atomic E-state index is 12.9. The van der Waals surface area contributed by atoms with Crippen LogP contribution in [-0.2, 0) is 6.54 Å². The number of amides is 2. The van der Waals surface area contributed by atoms with Gasteiger partial charge >= 0.3 is 6.03 Å². The molecule has 3 aromatic rings. The van der Waals surface area contributed by atoms with Crippen molar-refractivity contribution in [1.29, 1.82) is 0 Å². The minimum atomic E-state index is -0.0373. The van der Waals surface area contributed by atoms with E-state index < -0.39 is 0 Å². The summed E-state index contributed by atoms with van der Waals surface area (Å²) in [4.78, 5) is 22.1. The van der Waals surface area contributed by atoms with Crippen molar-refractivity contribution in [2.45, 2.75) is 19.9 Å². The number of aryl methyl sites for hydroxylation is 1. The number of nitrogens with one attached hydrogen (secondary N) is 1. The van der Waals surface area contributed by atoms with Crippen molar-refractivity contribution in [3.8, 4) is 17.2 Å². The Morgan fingerprint density at radius 3 is 2.69 bits per heavy atom. The lowest BCUT2D eigenvalue weighted by Crippen LogP contribution is -2.42. The van der Waals surface area contributed by atoms with Gasteiger partial charge in [-0.3, -0.25) is 0 Å². The van der Waals surface area contributed by atoms with Gasteiger partial charge in [0.1, 0.15) is 23.0 Å². The smallest absolute Gasteiger partial charge is 0.317 e. The molecule has 2 aliphatic heterocycles. The van der Waals surface area contributed by atoms with Crippen molar-refractivity contribution in [2.75, 3.05) is 33.3 Å². The highest BCUT2D eigenvalue weighted by Gasteiger charge is 2.26. The number of nitrogens with zero attached hydrogens (tertiary/aromatic N) is 3. The summed E-state index contributed by atoms with van der Waals surface area (Å²) in [6.07, 6.45) is 0.846. The van der Waals surface area contributed by atoms with Crippen LogP contribution in [0.2, 0.25) is 0 Å². The molecule has 2 aliphatic rings. The van der Waals surface area contributed by atoms with Crippen LogP contribution in [0.3, 0.4) is 0 Å². The van der Waals surface area contributed by atoms with Gasteiger partial charge in [0.15, 0.2) is 5.75 Å². The number of rotatable bonds is 3. The number of ether oxygens (including phenoxy) is 2. The maximum Gasteiger partial charge on any atom is 0.317 e. The molecular weight excluding hydrogens is 440 g/mol. The highest BCUT2D eigenvalue weighted by atomic mass is 16.5. The molecule has 0 unspecified atom stereocenters. The third-order valence-electron chi connectivity index (χ3n) is 6.36. The van der Waals surface area contributed by atoms with Crippen LogP contribution in [0.25, 0.3) is 0 Å². The van der Waals surface area contributed by atoms with E-state index in [2.05, 4.69) is 10.2 Å². The van der Waals surface area contributed by atoms with Crippen LogP contribution in [0, 0.1) is 6.92 Å². The van der Waals surface area contributed by atoms with Crippen molar-refractivity contribution in [3.05, 3.63) is 83.4 Å². The predicted octanol–water partition coefficient (Wildman–Crippen LogP) is 5.11. The van der Waals surface area contributed by atoms with Gasteiger partial charge in [-0.05, 0) is 54.8 Å². The van der Waals surface area contributed by atoms with E-state index in [0.29, 0.717) is 26.2 Å². The molecule has 7 heteroatoms. The van der Waals surface area contributed by atoms with E-state index in [1.165, 1.54) is 0 Å². The fourth-order valence-corrected chi connectivity index (χ4v) is 4.45. The lowest BCUT2D eigenvalue weighted by molar-refractivity contribution is 0.200. The second kappa shape index (κ2) is 10.1. The van der Waals surface area contributed by atoms with E-state index in [9.17, 15) is 4.79 Å². The molecule has 0 atom stereocenters. The van der Waals surface area contributed by atoms with Crippen molar-refractivity contribution < 1.29 is 14.3 Å². The fraction of sp³-hybridized carbons (Fsp3) is 0.286. The largest absolute Gasteiger partial charge is 0.497 e. The van der Waals surface area contributed by atoms with Crippen LogP contribution in [0.4, 0.5) is 10.5 Å². The van der Waals surface area contributed by atoms with Gasteiger partial charge in [-0.25, -0.2) is 9.79 Å². The predicted molar refractivity (Wildman–Crippen MR) is 137 cm³/mol. The van der Waals surface area contributed by atoms with Crippen LogP contribution in [0.5, 0.6) is 17.2 Å². The Balaban J connectivity index is 1.37. The molecular formula is C28H30N4O3. The number of amidine groups is 1. The van der Waals surface area contributed by atoms with Crippen molar-refractivity contribution in [1.82, 2.24) is 15.1 Å². The Kier molecular flexibility index (Phi) is 6.57. The van der Waals surface area contributed by atoms with Gasteiger partial charge in [-0.15, -0.1) is 0 Å². The fourth-order valence-electron chi connectivity index (χ4n) is 4.45. The van der Waals surface area contributed by atoms with Crippen molar-refractivity contribution in [3.63, 3.8) is 0 Å². The number of carbonyl (C=O) groups is 1. The molecule has 0 radical (unpaired) electrons. The number of benzene rings is 3. The van der Waals surface area contributed by atoms with Crippen LogP contribution < -0.4 is 14.8 Å². The zero-order valence-corrected chi connectivity index (χ0v) is 20.2. The van der Waals surface area contributed by atoms with Crippen LogP contribution in [0.1, 0.15) is 23.1 Å². The Labute approximate surface area is 206 Å². The standard InChI is InChI=1S/C28H30N4O3/c1-20-9-11-24-26(17-20)35-25-12-10-22(34-2)18-23(25)27(30-24)31-13-6-14-32(16-15-31)28(33)29-19-21-7-4-3-5-8-21/h3-5,7-12,17-18H,6,13-16,19H2,1-2H3,(H,29,33). The zero-order chi connectivity index (χ0) is 24.2. The molecule has 0 saturated carbocycles. The van der Waals surface area contributed by atoms with Gasteiger partial charge in [0.2, 0.25) is 0 Å². The molecule has 0 bridgehead atoms. The lowest BCUT2D eigenvalue weighted by Gasteiger charge is -2.25. The topological polar surface area (TPSA) is 66.4 Å². The van der Waals surface area contributed by atoms with E-state index in [1.807, 2.05) is 78.6 Å². The van der Waals surface area contributed by atoms with E-state index in [4.69, 9.17) is 14.5 Å². The highest BCUT2D eigenvalue weighted by Crippen LogP contribution is 2.40. The normalized spacial score (nSPS) is 15.1. The van der Waals surface area contributed by atoms with Crippen molar-refractivity contribution in [2.24, 2.45) is 4.99 Å². The number of hydrogen-bond donors (Lipinski definition) is 1. The second-order valence-corrected chi connectivity index (χ2v) is 8.84. The van der Waals surface area contributed by atoms with Gasteiger partial charge in [-0.1, -0.05) is 36.4 Å². The van der Waals surface area contributed by atoms with Crippen LogP contribution in [0.15, 0.2) is 71.7 Å². The molecule has 1 N–H and O–H groups in total. The first-order valence-corrected chi connectivity index (χ1v) is 12.0. The molecule has 2 heterocycles. The van der Waals surface area contributed by atoms with Crippen LogP contribution in [-0.4, -0.2) is 55.0 Å². The molecule has 0 aliphatic carbocycles. The third-order valence-corrected chi connectivity index (χ3v) is 6.36. The van der Waals surface area contributed by atoms with Gasteiger partial charge in [0.25, 0.3) is 0 Å². The minimum absolute atomic E-state index is 0.0373. The average Bonchev–Trinajstić information content (AvgIpc) is 3.22. The summed E-state index contributed by atoms with van der Waals surface area (Å²) >= 11 is 0. The molecule has 2 amide bonds. The second-order valence-electron chi connectivity index (χ2n) is 8.84. The molecule has 1 fully saturated rings. The third kappa shape index (κ3) is 5.09. The first kappa shape index (κ1) is 22.8. The average molecular weight is 471 g/mol. The summed E-state index contributed by atoms with van der Waals surface area (Å²) in [5, 5.41) is 3.05. The Bertz CT molecular complexity index is 1240. The van der Waals surface area contributed by atoms with E-state index >= 15 is 0 Å². The van der Waals surface area contributed by atoms with Crippen LogP contribution >= 0.6 is 0 Å². The molecule has 35 heavy (non-hydrogen) atoms.